The molecule has 0 bridgehead atoms. The van der Waals surface area contributed by atoms with E-state index in [0.29, 0.717) is 5.75 Å². The Balaban J connectivity index is 2.23. The minimum absolute atomic E-state index is 0.0485. The van der Waals surface area contributed by atoms with E-state index in [1.54, 1.807) is 0 Å². The Morgan fingerprint density at radius 1 is 0.783 bits per heavy atom. The van der Waals surface area contributed by atoms with Gasteiger partial charge in [0.15, 0.2) is 0 Å². The second kappa shape index (κ2) is 6.57. The van der Waals surface area contributed by atoms with E-state index in [2.05, 4.69) is 9.44 Å². The first-order chi connectivity index (χ1) is 10.8. The predicted molar refractivity (Wildman–Crippen MR) is 86.5 cm³/mol. The molecule has 0 unspecified atom stereocenters. The van der Waals surface area contributed by atoms with Crippen molar-refractivity contribution in [2.75, 3.05) is 18.9 Å². The monoisotopic (exact) mass is 356 g/mol. The molecule has 2 rings (SSSR count). The van der Waals surface area contributed by atoms with Crippen molar-refractivity contribution in [3.8, 4) is 5.75 Å². The number of rotatable bonds is 6. The SMILES string of the molecule is CNS(=O)(=O)c1ccc(NS(=O)(=O)c2ccc(OC)cc2)cc1. The number of hydrogen-bond donors (Lipinski definition) is 2. The van der Waals surface area contributed by atoms with Gasteiger partial charge in [-0.2, -0.15) is 0 Å². The summed E-state index contributed by atoms with van der Waals surface area (Å²) in [6, 6.07) is 11.3. The molecular formula is C14H16N2O5S2. The van der Waals surface area contributed by atoms with Crippen LogP contribution in [-0.4, -0.2) is 31.0 Å². The minimum Gasteiger partial charge on any atom is -0.497 e. The fourth-order valence-electron chi connectivity index (χ4n) is 1.79. The zero-order chi connectivity index (χ0) is 17.1. The molecule has 0 aliphatic heterocycles. The van der Waals surface area contributed by atoms with Gasteiger partial charge in [-0.3, -0.25) is 4.72 Å². The molecule has 0 saturated carbocycles. The van der Waals surface area contributed by atoms with Crippen molar-refractivity contribution in [1.82, 2.24) is 4.72 Å². The van der Waals surface area contributed by atoms with E-state index >= 15 is 0 Å². The molecule has 23 heavy (non-hydrogen) atoms. The zero-order valence-electron chi connectivity index (χ0n) is 12.5. The number of methoxy groups -OCH3 is 1. The second-order valence-corrected chi connectivity index (χ2v) is 8.08. The third-order valence-electron chi connectivity index (χ3n) is 3.06. The minimum atomic E-state index is -3.76. The maximum absolute atomic E-state index is 12.3. The summed E-state index contributed by atoms with van der Waals surface area (Å²) in [6.07, 6.45) is 0. The van der Waals surface area contributed by atoms with Crippen LogP contribution in [-0.2, 0) is 20.0 Å². The maximum atomic E-state index is 12.3. The Morgan fingerprint density at radius 3 is 1.74 bits per heavy atom. The van der Waals surface area contributed by atoms with E-state index < -0.39 is 20.0 Å². The van der Waals surface area contributed by atoms with Gasteiger partial charge in [-0.05, 0) is 55.6 Å². The quantitative estimate of drug-likeness (QED) is 0.815. The Bertz CT molecular complexity index is 874. The first-order valence-electron chi connectivity index (χ1n) is 6.49. The summed E-state index contributed by atoms with van der Waals surface area (Å²) >= 11 is 0. The molecule has 7 nitrogen and oxygen atoms in total. The van der Waals surface area contributed by atoms with E-state index in [0.717, 1.165) is 0 Å². The highest BCUT2D eigenvalue weighted by Crippen LogP contribution is 2.20. The van der Waals surface area contributed by atoms with Crippen LogP contribution in [0.2, 0.25) is 0 Å². The number of hydrogen-bond acceptors (Lipinski definition) is 5. The molecule has 0 radical (unpaired) electrons. The maximum Gasteiger partial charge on any atom is 0.261 e. The van der Waals surface area contributed by atoms with Crippen molar-refractivity contribution >= 4 is 25.7 Å². The number of sulfonamides is 2. The molecule has 0 aliphatic rings. The molecule has 0 aliphatic carbocycles. The van der Waals surface area contributed by atoms with Crippen molar-refractivity contribution in [2.45, 2.75) is 9.79 Å². The summed E-state index contributed by atoms with van der Waals surface area (Å²) in [4.78, 5) is 0.123. The van der Waals surface area contributed by atoms with Crippen molar-refractivity contribution in [3.63, 3.8) is 0 Å². The van der Waals surface area contributed by atoms with Crippen molar-refractivity contribution in [2.24, 2.45) is 0 Å². The molecule has 2 N–H and O–H groups in total. The molecule has 2 aromatic rings. The van der Waals surface area contributed by atoms with E-state index in [1.165, 1.54) is 62.7 Å². The van der Waals surface area contributed by atoms with Crippen LogP contribution in [0.5, 0.6) is 5.75 Å². The Hall–Kier alpha value is -2.10. The lowest BCUT2D eigenvalue weighted by Gasteiger charge is -2.09. The standard InChI is InChI=1S/C14H16N2O5S2/c1-15-22(17,18)13-7-3-11(4-8-13)16-23(19,20)14-9-5-12(21-2)6-10-14/h3-10,15-16H,1-2H3. The van der Waals surface area contributed by atoms with E-state index in [1.807, 2.05) is 0 Å². The lowest BCUT2D eigenvalue weighted by atomic mass is 10.3. The lowest BCUT2D eigenvalue weighted by molar-refractivity contribution is 0.414. The molecule has 0 fully saturated rings. The van der Waals surface area contributed by atoms with Crippen LogP contribution in [0.15, 0.2) is 58.3 Å². The molecule has 2 aromatic carbocycles. The summed E-state index contributed by atoms with van der Waals surface area (Å²) in [5, 5.41) is 0. The third-order valence-corrected chi connectivity index (χ3v) is 5.88. The Labute approximate surface area is 135 Å². The van der Waals surface area contributed by atoms with Gasteiger partial charge in [0.25, 0.3) is 10.0 Å². The molecule has 0 saturated heterocycles. The number of anilines is 1. The first kappa shape index (κ1) is 17.3. The highest BCUT2D eigenvalue weighted by atomic mass is 32.2. The summed E-state index contributed by atoms with van der Waals surface area (Å²) < 4.78 is 57.3. The van der Waals surface area contributed by atoms with Crippen LogP contribution in [0.25, 0.3) is 0 Å². The van der Waals surface area contributed by atoms with Gasteiger partial charge < -0.3 is 4.74 Å². The largest absolute Gasteiger partial charge is 0.497 e. The molecule has 0 spiro atoms. The zero-order valence-corrected chi connectivity index (χ0v) is 14.1. The molecule has 9 heteroatoms. The number of nitrogens with one attached hydrogen (secondary N) is 2. The molecule has 0 aromatic heterocycles. The smallest absolute Gasteiger partial charge is 0.261 e. The van der Waals surface area contributed by atoms with E-state index in [9.17, 15) is 16.8 Å². The van der Waals surface area contributed by atoms with Gasteiger partial charge in [0.2, 0.25) is 10.0 Å². The van der Waals surface area contributed by atoms with E-state index in [-0.39, 0.29) is 15.5 Å². The van der Waals surface area contributed by atoms with Gasteiger partial charge in [-0.15, -0.1) is 0 Å². The molecule has 124 valence electrons. The fraction of sp³-hybridized carbons (Fsp3) is 0.143. The van der Waals surface area contributed by atoms with Crippen LogP contribution in [0, 0.1) is 0 Å². The van der Waals surface area contributed by atoms with Crippen molar-refractivity contribution in [3.05, 3.63) is 48.5 Å². The topological polar surface area (TPSA) is 102 Å². The normalized spacial score (nSPS) is 11.9. The Morgan fingerprint density at radius 2 is 1.26 bits per heavy atom. The van der Waals surface area contributed by atoms with Crippen LogP contribution in [0.4, 0.5) is 5.69 Å². The molecule has 0 amide bonds. The van der Waals surface area contributed by atoms with Gasteiger partial charge in [-0.25, -0.2) is 21.6 Å². The van der Waals surface area contributed by atoms with Crippen molar-refractivity contribution < 1.29 is 21.6 Å². The van der Waals surface area contributed by atoms with Gasteiger partial charge >= 0.3 is 0 Å². The second-order valence-electron chi connectivity index (χ2n) is 4.51. The summed E-state index contributed by atoms with van der Waals surface area (Å²) in [6.45, 7) is 0. The van der Waals surface area contributed by atoms with Crippen molar-refractivity contribution in [1.29, 1.82) is 0 Å². The average molecular weight is 356 g/mol. The third kappa shape index (κ3) is 4.01. The molecular weight excluding hydrogens is 340 g/mol. The summed E-state index contributed by atoms with van der Waals surface area (Å²) in [5.74, 6) is 0.547. The summed E-state index contributed by atoms with van der Waals surface area (Å²) in [7, 11) is -4.53. The highest BCUT2D eigenvalue weighted by molar-refractivity contribution is 7.92. The summed E-state index contributed by atoms with van der Waals surface area (Å²) in [5.41, 5.74) is 0.260. The lowest BCUT2D eigenvalue weighted by Crippen LogP contribution is -2.18. The number of ether oxygens (including phenoxy) is 1. The molecule has 0 atom stereocenters. The van der Waals surface area contributed by atoms with Gasteiger partial charge in [0, 0.05) is 5.69 Å². The van der Waals surface area contributed by atoms with Crippen LogP contribution >= 0.6 is 0 Å². The molecule has 0 heterocycles. The van der Waals surface area contributed by atoms with Gasteiger partial charge in [0.1, 0.15) is 5.75 Å². The highest BCUT2D eigenvalue weighted by Gasteiger charge is 2.15. The Kier molecular flexibility index (Phi) is 4.93. The predicted octanol–water partition coefficient (Wildman–Crippen LogP) is 1.40. The van der Waals surface area contributed by atoms with Gasteiger partial charge in [0.05, 0.1) is 16.9 Å². The van der Waals surface area contributed by atoms with Gasteiger partial charge in [-0.1, -0.05) is 0 Å². The first-order valence-corrected chi connectivity index (χ1v) is 9.45. The van der Waals surface area contributed by atoms with Crippen LogP contribution < -0.4 is 14.2 Å². The average Bonchev–Trinajstić information content (AvgIpc) is 2.55. The fourth-order valence-corrected chi connectivity index (χ4v) is 3.58. The van der Waals surface area contributed by atoms with E-state index in [4.69, 9.17) is 4.74 Å². The van der Waals surface area contributed by atoms with Crippen LogP contribution in [0.3, 0.4) is 0 Å². The number of benzene rings is 2. The van der Waals surface area contributed by atoms with Crippen LogP contribution in [0.1, 0.15) is 0 Å².